The fraction of sp³-hybridized carbons (Fsp3) is 0.800. The van der Waals surface area contributed by atoms with Crippen LogP contribution in [0.3, 0.4) is 0 Å². The lowest BCUT2D eigenvalue weighted by Gasteiger charge is -2.49. The fourth-order valence-electron chi connectivity index (χ4n) is 2.96. The number of fused-ring (bicyclic) bond motifs is 1. The molecule has 1 aliphatic rings. The molecule has 0 radical (unpaired) electrons. The van der Waals surface area contributed by atoms with Gasteiger partial charge in [0.05, 0.1) is 5.69 Å². The van der Waals surface area contributed by atoms with Crippen molar-refractivity contribution >= 4 is 0 Å². The minimum atomic E-state index is 0.183. The van der Waals surface area contributed by atoms with Gasteiger partial charge in [-0.15, -0.1) is 0 Å². The minimum Gasteiger partial charge on any atom is -0.289 e. The fourth-order valence-corrected chi connectivity index (χ4v) is 2.96. The maximum absolute atomic E-state index is 4.47. The predicted molar refractivity (Wildman–Crippen MR) is 75.6 cm³/mol. The van der Waals surface area contributed by atoms with Crippen LogP contribution in [-0.4, -0.2) is 26.7 Å². The molecule has 0 amide bonds. The molecule has 1 aromatic heterocycles. The average Bonchev–Trinajstić information content (AvgIpc) is 2.56. The van der Waals surface area contributed by atoms with E-state index in [-0.39, 0.29) is 11.0 Å². The highest BCUT2D eigenvalue weighted by Gasteiger charge is 2.40. The van der Waals surface area contributed by atoms with E-state index >= 15 is 0 Å². The summed E-state index contributed by atoms with van der Waals surface area (Å²) < 4.78 is 0. The first-order valence-electron chi connectivity index (χ1n) is 6.90. The van der Waals surface area contributed by atoms with Gasteiger partial charge in [-0.1, -0.05) is 20.8 Å². The first-order valence-corrected chi connectivity index (χ1v) is 6.90. The van der Waals surface area contributed by atoms with E-state index in [1.165, 1.54) is 17.0 Å². The SMILES string of the molecule is Cc1[nH]nc2c1CC(C(C)(C)C)N(C(C)(C)C)C2. The molecule has 1 aliphatic heterocycles. The lowest BCUT2D eigenvalue weighted by Crippen LogP contribution is -2.55. The highest BCUT2D eigenvalue weighted by atomic mass is 15.3. The summed E-state index contributed by atoms with van der Waals surface area (Å²) in [6, 6.07) is 0.571. The van der Waals surface area contributed by atoms with Gasteiger partial charge < -0.3 is 0 Å². The quantitative estimate of drug-likeness (QED) is 0.765. The van der Waals surface area contributed by atoms with Crippen LogP contribution in [0.2, 0.25) is 0 Å². The number of aryl methyl sites for hydroxylation is 1. The molecule has 0 spiro atoms. The molecule has 2 heterocycles. The van der Waals surface area contributed by atoms with E-state index < -0.39 is 0 Å². The molecule has 102 valence electrons. The summed E-state index contributed by atoms with van der Waals surface area (Å²) in [5.41, 5.74) is 4.39. The van der Waals surface area contributed by atoms with Crippen molar-refractivity contribution in [1.29, 1.82) is 0 Å². The normalized spacial score (nSPS) is 22.1. The van der Waals surface area contributed by atoms with Crippen LogP contribution >= 0.6 is 0 Å². The zero-order valence-corrected chi connectivity index (χ0v) is 12.9. The molecule has 0 bridgehead atoms. The standard InChI is InChI=1S/C15H27N3/c1-10-11-8-13(14(2,3)4)18(15(5,6)7)9-12(11)17-16-10/h13H,8-9H2,1-7H3,(H,16,17). The second-order valence-corrected chi connectivity index (χ2v) is 7.66. The summed E-state index contributed by atoms with van der Waals surface area (Å²) in [4.78, 5) is 2.61. The molecule has 0 fully saturated rings. The molecule has 18 heavy (non-hydrogen) atoms. The van der Waals surface area contributed by atoms with Crippen LogP contribution < -0.4 is 0 Å². The van der Waals surface area contributed by atoms with Crippen LogP contribution in [0.25, 0.3) is 0 Å². The molecule has 1 unspecified atom stereocenters. The first kappa shape index (κ1) is 13.6. The highest BCUT2D eigenvalue weighted by Crippen LogP contribution is 2.37. The third kappa shape index (κ3) is 2.33. The van der Waals surface area contributed by atoms with Gasteiger partial charge >= 0.3 is 0 Å². The van der Waals surface area contributed by atoms with Crippen LogP contribution in [-0.2, 0) is 13.0 Å². The van der Waals surface area contributed by atoms with Gasteiger partial charge in [0.2, 0.25) is 0 Å². The first-order chi connectivity index (χ1) is 8.10. The van der Waals surface area contributed by atoms with E-state index in [2.05, 4.69) is 63.6 Å². The number of hydrogen-bond acceptors (Lipinski definition) is 2. The molecule has 1 atom stereocenters. The van der Waals surface area contributed by atoms with Crippen molar-refractivity contribution in [2.45, 2.75) is 73.0 Å². The van der Waals surface area contributed by atoms with Gasteiger partial charge in [-0.2, -0.15) is 5.10 Å². The lowest BCUT2D eigenvalue weighted by molar-refractivity contribution is 0.00505. The van der Waals surface area contributed by atoms with E-state index in [1.54, 1.807) is 0 Å². The van der Waals surface area contributed by atoms with Gasteiger partial charge in [0.15, 0.2) is 0 Å². The van der Waals surface area contributed by atoms with Crippen molar-refractivity contribution in [3.8, 4) is 0 Å². The van der Waals surface area contributed by atoms with E-state index in [4.69, 9.17) is 0 Å². The molecular weight excluding hydrogens is 222 g/mol. The topological polar surface area (TPSA) is 31.9 Å². The van der Waals surface area contributed by atoms with Crippen molar-refractivity contribution < 1.29 is 0 Å². The van der Waals surface area contributed by atoms with Crippen molar-refractivity contribution in [3.63, 3.8) is 0 Å². The summed E-state index contributed by atoms with van der Waals surface area (Å²) in [6.45, 7) is 17.0. The number of aromatic amines is 1. The van der Waals surface area contributed by atoms with E-state index in [9.17, 15) is 0 Å². The van der Waals surface area contributed by atoms with Crippen molar-refractivity contribution in [1.82, 2.24) is 15.1 Å². The van der Waals surface area contributed by atoms with Crippen LogP contribution in [0.4, 0.5) is 0 Å². The largest absolute Gasteiger partial charge is 0.289 e. The monoisotopic (exact) mass is 249 g/mol. The molecule has 2 rings (SSSR count). The van der Waals surface area contributed by atoms with Crippen molar-refractivity contribution in [2.75, 3.05) is 0 Å². The maximum atomic E-state index is 4.47. The number of hydrogen-bond donors (Lipinski definition) is 1. The zero-order chi connectivity index (χ0) is 13.7. The number of nitrogens with zero attached hydrogens (tertiary/aromatic N) is 2. The van der Waals surface area contributed by atoms with Crippen LogP contribution in [0.15, 0.2) is 0 Å². The summed E-state index contributed by atoms with van der Waals surface area (Å²) >= 11 is 0. The Hall–Kier alpha value is -0.830. The molecule has 1 N–H and O–H groups in total. The third-order valence-electron chi connectivity index (χ3n) is 4.11. The Labute approximate surface area is 111 Å². The number of aromatic nitrogens is 2. The molecule has 3 heteroatoms. The Bertz CT molecular complexity index is 432. The summed E-state index contributed by atoms with van der Waals surface area (Å²) in [7, 11) is 0. The van der Waals surface area contributed by atoms with Gasteiger partial charge in [-0.05, 0) is 45.1 Å². The smallest absolute Gasteiger partial charge is 0.0797 e. The van der Waals surface area contributed by atoms with Gasteiger partial charge in [-0.3, -0.25) is 10.00 Å². The van der Waals surface area contributed by atoms with Gasteiger partial charge in [0.1, 0.15) is 0 Å². The summed E-state index contributed by atoms with van der Waals surface area (Å²) in [5, 5.41) is 7.62. The van der Waals surface area contributed by atoms with E-state index in [1.807, 2.05) is 0 Å². The van der Waals surface area contributed by atoms with E-state index in [0.717, 1.165) is 13.0 Å². The van der Waals surface area contributed by atoms with Gasteiger partial charge in [0.25, 0.3) is 0 Å². The summed E-state index contributed by atoms with van der Waals surface area (Å²) in [6.07, 6.45) is 1.11. The maximum Gasteiger partial charge on any atom is 0.0797 e. The number of H-pyrrole nitrogens is 1. The summed E-state index contributed by atoms with van der Waals surface area (Å²) in [5.74, 6) is 0. The Balaban J connectivity index is 2.41. The van der Waals surface area contributed by atoms with Crippen LogP contribution in [0, 0.1) is 12.3 Å². The van der Waals surface area contributed by atoms with E-state index in [0.29, 0.717) is 6.04 Å². The Morgan fingerprint density at radius 1 is 1.17 bits per heavy atom. The average molecular weight is 249 g/mol. The molecular formula is C15H27N3. The second kappa shape index (κ2) is 4.09. The molecule has 0 aliphatic carbocycles. The van der Waals surface area contributed by atoms with Crippen molar-refractivity contribution in [2.24, 2.45) is 5.41 Å². The Morgan fingerprint density at radius 3 is 2.28 bits per heavy atom. The number of nitrogens with one attached hydrogen (secondary N) is 1. The molecule has 0 saturated heterocycles. The molecule has 0 saturated carbocycles. The van der Waals surface area contributed by atoms with Crippen molar-refractivity contribution in [3.05, 3.63) is 17.0 Å². The van der Waals surface area contributed by atoms with Gasteiger partial charge in [0, 0.05) is 23.8 Å². The predicted octanol–water partition coefficient (Wildman–Crippen LogP) is 3.29. The Kier molecular flexibility index (Phi) is 3.09. The van der Waals surface area contributed by atoms with Gasteiger partial charge in [-0.25, -0.2) is 0 Å². The zero-order valence-electron chi connectivity index (χ0n) is 12.9. The third-order valence-corrected chi connectivity index (χ3v) is 4.11. The van der Waals surface area contributed by atoms with Crippen LogP contribution in [0.5, 0.6) is 0 Å². The molecule has 0 aromatic carbocycles. The highest BCUT2D eigenvalue weighted by molar-refractivity contribution is 5.29. The molecule has 1 aromatic rings. The number of rotatable bonds is 0. The second-order valence-electron chi connectivity index (χ2n) is 7.66. The lowest BCUT2D eigenvalue weighted by atomic mass is 9.77. The Morgan fingerprint density at radius 2 is 1.78 bits per heavy atom. The minimum absolute atomic E-state index is 0.183. The molecule has 3 nitrogen and oxygen atoms in total. The van der Waals surface area contributed by atoms with Crippen LogP contribution in [0.1, 0.15) is 58.5 Å².